The van der Waals surface area contributed by atoms with E-state index in [2.05, 4.69) is 5.32 Å². The van der Waals surface area contributed by atoms with E-state index >= 15 is 0 Å². The molecule has 3 N–H and O–H groups in total. The van der Waals surface area contributed by atoms with Crippen molar-refractivity contribution < 1.29 is 4.79 Å². The zero-order chi connectivity index (χ0) is 10.1. The summed E-state index contributed by atoms with van der Waals surface area (Å²) < 4.78 is 0. The van der Waals surface area contributed by atoms with E-state index in [1.165, 1.54) is 5.56 Å². The van der Waals surface area contributed by atoms with Crippen LogP contribution in [0.5, 0.6) is 0 Å². The van der Waals surface area contributed by atoms with Crippen LogP contribution in [-0.2, 0) is 4.79 Å². The molecule has 0 radical (unpaired) electrons. The van der Waals surface area contributed by atoms with E-state index in [4.69, 9.17) is 5.73 Å². The Bertz CT molecular complexity index is 345. The van der Waals surface area contributed by atoms with Crippen LogP contribution in [0.25, 0.3) is 0 Å². The molecular formula is C11H14N2O. The zero-order valence-corrected chi connectivity index (χ0v) is 8.16. The minimum absolute atomic E-state index is 0.0682. The van der Waals surface area contributed by atoms with E-state index in [0.717, 1.165) is 12.2 Å². The third kappa shape index (κ3) is 1.45. The number of amides is 1. The van der Waals surface area contributed by atoms with Crippen molar-refractivity contribution in [3.63, 3.8) is 0 Å². The molecular weight excluding hydrogens is 176 g/mol. The number of benzene rings is 1. The summed E-state index contributed by atoms with van der Waals surface area (Å²) in [6.45, 7) is 2.70. The maximum Gasteiger partial charge on any atom is 0.223 e. The lowest BCUT2D eigenvalue weighted by atomic mass is 9.90. The molecule has 74 valence electrons. The molecule has 2 rings (SSSR count). The Kier molecular flexibility index (Phi) is 2.15. The molecule has 1 aliphatic heterocycles. The van der Waals surface area contributed by atoms with Gasteiger partial charge in [0.25, 0.3) is 0 Å². The van der Waals surface area contributed by atoms with Crippen molar-refractivity contribution in [3.05, 3.63) is 29.8 Å². The largest absolute Gasteiger partial charge is 0.399 e. The number of nitrogen functional groups attached to an aromatic ring is 1. The topological polar surface area (TPSA) is 55.1 Å². The first kappa shape index (κ1) is 9.06. The van der Waals surface area contributed by atoms with Gasteiger partial charge in [-0.2, -0.15) is 0 Å². The van der Waals surface area contributed by atoms with E-state index in [0.29, 0.717) is 5.92 Å². The lowest BCUT2D eigenvalue weighted by molar-refractivity contribution is -0.122. The Hall–Kier alpha value is -1.51. The van der Waals surface area contributed by atoms with E-state index < -0.39 is 0 Å². The van der Waals surface area contributed by atoms with Crippen molar-refractivity contribution in [2.24, 2.45) is 5.92 Å². The molecule has 0 aliphatic carbocycles. The fourth-order valence-corrected chi connectivity index (χ4v) is 1.88. The van der Waals surface area contributed by atoms with Crippen LogP contribution >= 0.6 is 0 Å². The lowest BCUT2D eigenvalue weighted by Gasteiger charge is -2.12. The van der Waals surface area contributed by atoms with Gasteiger partial charge in [-0.05, 0) is 17.7 Å². The number of hydrogen-bond acceptors (Lipinski definition) is 2. The van der Waals surface area contributed by atoms with Crippen molar-refractivity contribution in [2.75, 3.05) is 12.3 Å². The highest BCUT2D eigenvalue weighted by Crippen LogP contribution is 2.28. The summed E-state index contributed by atoms with van der Waals surface area (Å²) >= 11 is 0. The Morgan fingerprint density at radius 3 is 2.50 bits per heavy atom. The van der Waals surface area contributed by atoms with Gasteiger partial charge in [0.15, 0.2) is 0 Å². The van der Waals surface area contributed by atoms with Crippen LogP contribution < -0.4 is 11.1 Å². The van der Waals surface area contributed by atoms with Crippen LogP contribution in [0.15, 0.2) is 24.3 Å². The number of carbonyl (C=O) groups excluding carboxylic acids is 1. The summed E-state index contributed by atoms with van der Waals surface area (Å²) in [6.07, 6.45) is 0. The average Bonchev–Trinajstić information content (AvgIpc) is 2.50. The van der Waals surface area contributed by atoms with Crippen LogP contribution in [0.3, 0.4) is 0 Å². The molecule has 1 saturated heterocycles. The standard InChI is InChI=1S/C11H14N2O/c1-7-10(6-13-11(7)14)8-2-4-9(12)5-3-8/h2-5,7,10H,6,12H2,1H3,(H,13,14). The molecule has 1 aliphatic rings. The normalized spacial score (nSPS) is 26.2. The number of anilines is 1. The first-order chi connectivity index (χ1) is 6.68. The summed E-state index contributed by atoms with van der Waals surface area (Å²) in [5.41, 5.74) is 7.55. The minimum atomic E-state index is 0.0682. The van der Waals surface area contributed by atoms with Gasteiger partial charge in [0.2, 0.25) is 5.91 Å². The average molecular weight is 190 g/mol. The minimum Gasteiger partial charge on any atom is -0.399 e. The van der Waals surface area contributed by atoms with Crippen molar-refractivity contribution in [2.45, 2.75) is 12.8 Å². The van der Waals surface area contributed by atoms with Gasteiger partial charge in [0.05, 0.1) is 0 Å². The van der Waals surface area contributed by atoms with Gasteiger partial charge >= 0.3 is 0 Å². The summed E-state index contributed by atoms with van der Waals surface area (Å²) in [5.74, 6) is 0.508. The third-order valence-corrected chi connectivity index (χ3v) is 2.88. The molecule has 2 atom stereocenters. The Balaban J connectivity index is 2.23. The van der Waals surface area contributed by atoms with Gasteiger partial charge in [-0.15, -0.1) is 0 Å². The molecule has 2 unspecified atom stereocenters. The van der Waals surface area contributed by atoms with Crippen LogP contribution in [0.4, 0.5) is 5.69 Å². The highest BCUT2D eigenvalue weighted by molar-refractivity contribution is 5.82. The molecule has 14 heavy (non-hydrogen) atoms. The van der Waals surface area contributed by atoms with Crippen molar-refractivity contribution in [3.8, 4) is 0 Å². The summed E-state index contributed by atoms with van der Waals surface area (Å²) in [5, 5.41) is 2.86. The monoisotopic (exact) mass is 190 g/mol. The molecule has 0 spiro atoms. The quantitative estimate of drug-likeness (QED) is 0.652. The number of hydrogen-bond donors (Lipinski definition) is 2. The summed E-state index contributed by atoms with van der Waals surface area (Å²) in [4.78, 5) is 11.3. The van der Waals surface area contributed by atoms with Crippen molar-refractivity contribution in [1.82, 2.24) is 5.32 Å². The molecule has 1 aromatic rings. The Morgan fingerprint density at radius 2 is 2.00 bits per heavy atom. The summed E-state index contributed by atoms with van der Waals surface area (Å²) in [6, 6.07) is 7.75. The number of rotatable bonds is 1. The maximum absolute atomic E-state index is 11.3. The van der Waals surface area contributed by atoms with Gasteiger partial charge in [-0.3, -0.25) is 4.79 Å². The van der Waals surface area contributed by atoms with Crippen LogP contribution in [0.1, 0.15) is 18.4 Å². The SMILES string of the molecule is CC1C(=O)NCC1c1ccc(N)cc1. The number of nitrogens with one attached hydrogen (secondary N) is 1. The van der Waals surface area contributed by atoms with E-state index in [9.17, 15) is 4.79 Å². The predicted octanol–water partition coefficient (Wildman–Crippen LogP) is 1.12. The van der Waals surface area contributed by atoms with E-state index in [-0.39, 0.29) is 11.8 Å². The van der Waals surface area contributed by atoms with Crippen molar-refractivity contribution in [1.29, 1.82) is 0 Å². The molecule has 0 aromatic heterocycles. The van der Waals surface area contributed by atoms with E-state index in [1.54, 1.807) is 0 Å². The predicted molar refractivity (Wildman–Crippen MR) is 55.8 cm³/mol. The first-order valence-corrected chi connectivity index (χ1v) is 4.81. The molecule has 0 bridgehead atoms. The van der Waals surface area contributed by atoms with Gasteiger partial charge in [-0.1, -0.05) is 19.1 Å². The molecule has 0 saturated carbocycles. The van der Waals surface area contributed by atoms with Crippen LogP contribution in [0, 0.1) is 5.92 Å². The second kappa shape index (κ2) is 3.33. The van der Waals surface area contributed by atoms with Crippen LogP contribution in [-0.4, -0.2) is 12.5 Å². The highest BCUT2D eigenvalue weighted by atomic mass is 16.2. The fourth-order valence-electron chi connectivity index (χ4n) is 1.88. The van der Waals surface area contributed by atoms with Crippen molar-refractivity contribution >= 4 is 11.6 Å². The molecule has 1 heterocycles. The maximum atomic E-state index is 11.3. The Morgan fingerprint density at radius 1 is 1.36 bits per heavy atom. The molecule has 3 nitrogen and oxygen atoms in total. The lowest BCUT2D eigenvalue weighted by Crippen LogP contribution is -2.16. The van der Waals surface area contributed by atoms with Gasteiger partial charge in [0, 0.05) is 24.1 Å². The number of nitrogens with two attached hydrogens (primary N) is 1. The van der Waals surface area contributed by atoms with Gasteiger partial charge in [-0.25, -0.2) is 0 Å². The number of carbonyl (C=O) groups is 1. The first-order valence-electron chi connectivity index (χ1n) is 4.81. The third-order valence-electron chi connectivity index (χ3n) is 2.88. The smallest absolute Gasteiger partial charge is 0.223 e. The second-order valence-corrected chi connectivity index (χ2v) is 3.81. The molecule has 1 fully saturated rings. The van der Waals surface area contributed by atoms with E-state index in [1.807, 2.05) is 31.2 Å². The summed E-state index contributed by atoms with van der Waals surface area (Å²) in [7, 11) is 0. The highest BCUT2D eigenvalue weighted by Gasteiger charge is 2.31. The fraction of sp³-hybridized carbons (Fsp3) is 0.364. The Labute approximate surface area is 83.3 Å². The molecule has 1 aromatic carbocycles. The van der Waals surface area contributed by atoms with Crippen LogP contribution in [0.2, 0.25) is 0 Å². The molecule has 3 heteroatoms. The van der Waals surface area contributed by atoms with Gasteiger partial charge < -0.3 is 11.1 Å². The zero-order valence-electron chi connectivity index (χ0n) is 8.16. The second-order valence-electron chi connectivity index (χ2n) is 3.81. The molecule has 1 amide bonds. The van der Waals surface area contributed by atoms with Gasteiger partial charge in [0.1, 0.15) is 0 Å².